The van der Waals surface area contributed by atoms with Crippen LogP contribution in [-0.4, -0.2) is 41.5 Å². The molecule has 1 atom stereocenters. The van der Waals surface area contributed by atoms with Gasteiger partial charge in [0.2, 0.25) is 0 Å². The summed E-state index contributed by atoms with van der Waals surface area (Å²) in [6.07, 6.45) is 4.18. The minimum atomic E-state index is 0.729. The molecule has 0 spiro atoms. The molecule has 0 bridgehead atoms. The highest BCUT2D eigenvalue weighted by molar-refractivity contribution is 9.10. The molecular weight excluding hydrogens is 268 g/mol. The van der Waals surface area contributed by atoms with Gasteiger partial charge in [0.25, 0.3) is 0 Å². The molecule has 0 amide bonds. The van der Waals surface area contributed by atoms with Crippen LogP contribution in [0.3, 0.4) is 0 Å². The lowest BCUT2D eigenvalue weighted by Gasteiger charge is -2.29. The molecule has 2 heterocycles. The summed E-state index contributed by atoms with van der Waals surface area (Å²) in [6.45, 7) is 3.41. The summed E-state index contributed by atoms with van der Waals surface area (Å²) in [5.74, 6) is 1.63. The van der Waals surface area contributed by atoms with Crippen molar-refractivity contribution in [2.45, 2.75) is 12.8 Å². The quantitative estimate of drug-likeness (QED) is 0.862. The molecule has 1 fully saturated rings. The van der Waals surface area contributed by atoms with Gasteiger partial charge >= 0.3 is 0 Å². The number of likely N-dealkylation sites (tertiary alicyclic amines) is 1. The maximum atomic E-state index is 4.18. The van der Waals surface area contributed by atoms with Crippen molar-refractivity contribution in [3.63, 3.8) is 0 Å². The molecule has 1 aromatic rings. The summed E-state index contributed by atoms with van der Waals surface area (Å²) in [6, 6.07) is 1.91. The third-order valence-corrected chi connectivity index (χ3v) is 3.36. The summed E-state index contributed by atoms with van der Waals surface area (Å²) in [4.78, 5) is 10.6. The topological polar surface area (TPSA) is 41.0 Å². The minimum Gasteiger partial charge on any atom is -0.370 e. The van der Waals surface area contributed by atoms with Gasteiger partial charge < -0.3 is 10.2 Å². The van der Waals surface area contributed by atoms with Crippen molar-refractivity contribution in [3.8, 4) is 0 Å². The van der Waals surface area contributed by atoms with Crippen LogP contribution in [0.4, 0.5) is 5.82 Å². The minimum absolute atomic E-state index is 0.729. The molecule has 2 rings (SSSR count). The van der Waals surface area contributed by atoms with E-state index < -0.39 is 0 Å². The van der Waals surface area contributed by atoms with Crippen LogP contribution < -0.4 is 5.32 Å². The molecule has 1 aliphatic heterocycles. The van der Waals surface area contributed by atoms with E-state index in [2.05, 4.69) is 43.2 Å². The van der Waals surface area contributed by atoms with Crippen molar-refractivity contribution >= 4 is 21.7 Å². The van der Waals surface area contributed by atoms with Crippen LogP contribution in [0.25, 0.3) is 0 Å². The van der Waals surface area contributed by atoms with Crippen molar-refractivity contribution in [2.24, 2.45) is 5.92 Å². The normalized spacial score (nSPS) is 22.0. The number of hydrogen-bond acceptors (Lipinski definition) is 4. The highest BCUT2D eigenvalue weighted by Crippen LogP contribution is 2.16. The van der Waals surface area contributed by atoms with Gasteiger partial charge in [-0.2, -0.15) is 0 Å². The molecule has 4 nitrogen and oxygen atoms in total. The average Bonchev–Trinajstić information content (AvgIpc) is 2.27. The Balaban J connectivity index is 1.82. The second-order valence-corrected chi connectivity index (χ2v) is 5.19. The zero-order chi connectivity index (χ0) is 11.4. The first-order chi connectivity index (χ1) is 7.74. The highest BCUT2D eigenvalue weighted by atomic mass is 79.9. The van der Waals surface area contributed by atoms with Gasteiger partial charge in [-0.15, -0.1) is 0 Å². The van der Waals surface area contributed by atoms with Gasteiger partial charge in [0.15, 0.2) is 0 Å². The van der Waals surface area contributed by atoms with Crippen molar-refractivity contribution < 1.29 is 0 Å². The van der Waals surface area contributed by atoms with E-state index in [1.807, 2.05) is 6.07 Å². The zero-order valence-corrected chi connectivity index (χ0v) is 11.1. The molecular formula is C11H17BrN4. The van der Waals surface area contributed by atoms with Crippen molar-refractivity contribution in [3.05, 3.63) is 17.0 Å². The van der Waals surface area contributed by atoms with E-state index in [0.29, 0.717) is 0 Å². The molecule has 5 heteroatoms. The van der Waals surface area contributed by atoms with E-state index in [4.69, 9.17) is 0 Å². The fourth-order valence-corrected chi connectivity index (χ4v) is 2.43. The maximum absolute atomic E-state index is 4.18. The molecule has 88 valence electrons. The molecule has 1 N–H and O–H groups in total. The first-order valence-corrected chi connectivity index (χ1v) is 6.43. The Bertz CT molecular complexity index is 345. The number of nitrogens with zero attached hydrogens (tertiary/aromatic N) is 3. The fourth-order valence-electron chi connectivity index (χ4n) is 2.12. The third-order valence-electron chi connectivity index (χ3n) is 2.93. The first kappa shape index (κ1) is 11.8. The Hall–Kier alpha value is -0.680. The van der Waals surface area contributed by atoms with Gasteiger partial charge in [-0.25, -0.2) is 9.97 Å². The number of hydrogen-bond donors (Lipinski definition) is 1. The van der Waals surface area contributed by atoms with E-state index in [1.165, 1.54) is 25.9 Å². The standard InChI is InChI=1S/C11H17BrN4/c1-16-4-2-3-9(7-16)6-13-11-5-10(12)14-8-15-11/h5,8-9H,2-4,6-7H2,1H3,(H,13,14,15). The summed E-state index contributed by atoms with van der Waals surface area (Å²) in [5.41, 5.74) is 0. The van der Waals surface area contributed by atoms with E-state index >= 15 is 0 Å². The zero-order valence-electron chi connectivity index (χ0n) is 9.49. The lowest BCUT2D eigenvalue weighted by atomic mass is 9.98. The number of rotatable bonds is 3. The highest BCUT2D eigenvalue weighted by Gasteiger charge is 2.16. The lowest BCUT2D eigenvalue weighted by molar-refractivity contribution is 0.217. The Labute approximate surface area is 105 Å². The van der Waals surface area contributed by atoms with Gasteiger partial charge in [0.1, 0.15) is 16.7 Å². The van der Waals surface area contributed by atoms with Gasteiger partial charge in [-0.05, 0) is 48.3 Å². The Kier molecular flexibility index (Phi) is 4.12. The van der Waals surface area contributed by atoms with E-state index in [-0.39, 0.29) is 0 Å². The van der Waals surface area contributed by atoms with Crippen LogP contribution in [0.1, 0.15) is 12.8 Å². The number of anilines is 1. The SMILES string of the molecule is CN1CCCC(CNc2cc(Br)ncn2)C1. The maximum Gasteiger partial charge on any atom is 0.130 e. The first-order valence-electron chi connectivity index (χ1n) is 5.64. The molecule has 1 saturated heterocycles. The van der Waals surface area contributed by atoms with Gasteiger partial charge in [0.05, 0.1) is 0 Å². The molecule has 1 unspecified atom stereocenters. The van der Waals surface area contributed by atoms with Crippen LogP contribution in [0.2, 0.25) is 0 Å². The molecule has 0 saturated carbocycles. The van der Waals surface area contributed by atoms with Crippen molar-refractivity contribution in [1.29, 1.82) is 0 Å². The monoisotopic (exact) mass is 284 g/mol. The van der Waals surface area contributed by atoms with Crippen LogP contribution in [0, 0.1) is 5.92 Å². The van der Waals surface area contributed by atoms with E-state index in [1.54, 1.807) is 6.33 Å². The van der Waals surface area contributed by atoms with Gasteiger partial charge in [-0.3, -0.25) is 0 Å². The largest absolute Gasteiger partial charge is 0.370 e. The van der Waals surface area contributed by atoms with Crippen molar-refractivity contribution in [2.75, 3.05) is 32.0 Å². The smallest absolute Gasteiger partial charge is 0.130 e. The summed E-state index contributed by atoms with van der Waals surface area (Å²) in [7, 11) is 2.19. The molecule has 0 aromatic carbocycles. The summed E-state index contributed by atoms with van der Waals surface area (Å²) < 4.78 is 0.825. The average molecular weight is 285 g/mol. The fraction of sp³-hybridized carbons (Fsp3) is 0.636. The predicted molar refractivity (Wildman–Crippen MR) is 68.4 cm³/mol. The van der Waals surface area contributed by atoms with Crippen LogP contribution in [-0.2, 0) is 0 Å². The Morgan fingerprint density at radius 3 is 3.19 bits per heavy atom. The molecule has 16 heavy (non-hydrogen) atoms. The second-order valence-electron chi connectivity index (χ2n) is 4.38. The van der Waals surface area contributed by atoms with Crippen molar-refractivity contribution in [1.82, 2.24) is 14.9 Å². The molecule has 1 aliphatic rings. The third kappa shape index (κ3) is 3.42. The van der Waals surface area contributed by atoms with E-state index in [9.17, 15) is 0 Å². The molecule has 0 radical (unpaired) electrons. The molecule has 0 aliphatic carbocycles. The lowest BCUT2D eigenvalue weighted by Crippen LogP contribution is -2.35. The van der Waals surface area contributed by atoms with Crippen LogP contribution in [0.5, 0.6) is 0 Å². The Morgan fingerprint density at radius 1 is 1.56 bits per heavy atom. The van der Waals surface area contributed by atoms with E-state index in [0.717, 1.165) is 22.9 Å². The number of nitrogens with one attached hydrogen (secondary N) is 1. The Morgan fingerprint density at radius 2 is 2.44 bits per heavy atom. The number of halogens is 1. The molecule has 1 aromatic heterocycles. The predicted octanol–water partition coefficient (Wildman–Crippen LogP) is 1.99. The summed E-state index contributed by atoms with van der Waals surface area (Å²) in [5, 5.41) is 3.37. The number of aromatic nitrogens is 2. The number of piperidine rings is 1. The summed E-state index contributed by atoms with van der Waals surface area (Å²) >= 11 is 3.34. The second kappa shape index (κ2) is 5.59. The van der Waals surface area contributed by atoms with Gasteiger partial charge in [0, 0.05) is 19.2 Å². The van der Waals surface area contributed by atoms with Crippen LogP contribution >= 0.6 is 15.9 Å². The van der Waals surface area contributed by atoms with Gasteiger partial charge in [-0.1, -0.05) is 0 Å². The van der Waals surface area contributed by atoms with Crippen LogP contribution in [0.15, 0.2) is 17.0 Å².